The number of likely N-dealkylation sites (N-methyl/N-ethyl adjacent to an activating group) is 1. The number of hydrogen-bond donors (Lipinski definition) is 0. The Morgan fingerprint density at radius 2 is 1.94 bits per heavy atom. The number of para-hydroxylation sites is 2. The molecule has 0 spiro atoms. The Bertz CT molecular complexity index is 431. The molecule has 1 aliphatic heterocycles. The summed E-state index contributed by atoms with van der Waals surface area (Å²) in [5.74, 6) is -0.0340. The molecule has 0 fully saturated rings. The van der Waals surface area contributed by atoms with E-state index in [0.717, 1.165) is 17.7 Å². The van der Waals surface area contributed by atoms with Gasteiger partial charge in [-0.05, 0) is 19.1 Å². The number of carbonyl (C=O) groups excluding carboxylic acids is 2. The molecule has 2 rings (SSSR count). The van der Waals surface area contributed by atoms with Crippen LogP contribution in [0.2, 0.25) is 0 Å². The first-order valence-corrected chi connectivity index (χ1v) is 5.23. The molecule has 4 nitrogen and oxygen atoms in total. The molecule has 1 amide bonds. The van der Waals surface area contributed by atoms with Crippen molar-refractivity contribution in [1.29, 1.82) is 0 Å². The van der Waals surface area contributed by atoms with Gasteiger partial charge in [0.25, 0.3) is 0 Å². The molecule has 0 aliphatic carbocycles. The van der Waals surface area contributed by atoms with Crippen LogP contribution in [0, 0.1) is 0 Å². The number of hydrogen-bond acceptors (Lipinski definition) is 3. The summed E-state index contributed by atoms with van der Waals surface area (Å²) in [6, 6.07) is 7.38. The summed E-state index contributed by atoms with van der Waals surface area (Å²) in [4.78, 5) is 26.1. The highest BCUT2D eigenvalue weighted by Gasteiger charge is 2.32. The molecule has 0 bridgehead atoms. The number of benzene rings is 1. The Morgan fingerprint density at radius 3 is 2.56 bits per heavy atom. The van der Waals surface area contributed by atoms with E-state index >= 15 is 0 Å². The summed E-state index contributed by atoms with van der Waals surface area (Å²) < 4.78 is 0. The Labute approximate surface area is 94.5 Å². The van der Waals surface area contributed by atoms with Crippen LogP contribution in [0.5, 0.6) is 0 Å². The first kappa shape index (κ1) is 10.7. The van der Waals surface area contributed by atoms with Gasteiger partial charge in [-0.1, -0.05) is 12.1 Å². The molecule has 1 atom stereocenters. The van der Waals surface area contributed by atoms with Crippen LogP contribution < -0.4 is 9.80 Å². The van der Waals surface area contributed by atoms with Crippen LogP contribution >= 0.6 is 0 Å². The zero-order valence-electron chi connectivity index (χ0n) is 9.38. The molecule has 1 unspecified atom stereocenters. The van der Waals surface area contributed by atoms with Crippen molar-refractivity contribution in [3.63, 3.8) is 0 Å². The van der Waals surface area contributed by atoms with Crippen molar-refractivity contribution in [3.8, 4) is 0 Å². The van der Waals surface area contributed by atoms with Gasteiger partial charge in [0, 0.05) is 7.05 Å². The fourth-order valence-electron chi connectivity index (χ4n) is 1.97. The second kappa shape index (κ2) is 3.96. The lowest BCUT2D eigenvalue weighted by molar-refractivity contribution is -0.120. The Hall–Kier alpha value is -1.84. The summed E-state index contributed by atoms with van der Waals surface area (Å²) in [5, 5.41) is 0. The summed E-state index contributed by atoms with van der Waals surface area (Å²) >= 11 is 0. The second-order valence-corrected chi connectivity index (χ2v) is 3.89. The maximum atomic E-state index is 12.0. The molecule has 16 heavy (non-hydrogen) atoms. The molecule has 0 N–H and O–H groups in total. The predicted molar refractivity (Wildman–Crippen MR) is 62.7 cm³/mol. The summed E-state index contributed by atoms with van der Waals surface area (Å²) in [5.41, 5.74) is 1.79. The number of carbonyl (C=O) groups is 2. The van der Waals surface area contributed by atoms with E-state index in [2.05, 4.69) is 0 Å². The van der Waals surface area contributed by atoms with Gasteiger partial charge in [0.1, 0.15) is 12.3 Å². The Kier molecular flexibility index (Phi) is 2.64. The van der Waals surface area contributed by atoms with Gasteiger partial charge < -0.3 is 14.6 Å². The molecule has 4 heteroatoms. The van der Waals surface area contributed by atoms with E-state index < -0.39 is 0 Å². The average molecular weight is 218 g/mol. The van der Waals surface area contributed by atoms with Gasteiger partial charge in [0.2, 0.25) is 5.91 Å². The summed E-state index contributed by atoms with van der Waals surface area (Å²) in [7, 11) is 1.89. The molecular formula is C12H14N2O2. The number of nitrogens with zero attached hydrogens (tertiary/aromatic N) is 2. The van der Waals surface area contributed by atoms with Gasteiger partial charge in [0.05, 0.1) is 17.9 Å². The topological polar surface area (TPSA) is 40.6 Å². The second-order valence-electron chi connectivity index (χ2n) is 3.89. The van der Waals surface area contributed by atoms with E-state index in [1.165, 1.54) is 4.90 Å². The molecule has 84 valence electrons. The van der Waals surface area contributed by atoms with Gasteiger partial charge in [-0.15, -0.1) is 0 Å². The lowest BCUT2D eigenvalue weighted by Gasteiger charge is -2.38. The van der Waals surface area contributed by atoms with Crippen molar-refractivity contribution in [1.82, 2.24) is 0 Å². The molecular weight excluding hydrogens is 204 g/mol. The first-order valence-electron chi connectivity index (χ1n) is 5.23. The van der Waals surface area contributed by atoms with Crippen LogP contribution in [0.4, 0.5) is 11.4 Å². The van der Waals surface area contributed by atoms with Crippen LogP contribution in [0.15, 0.2) is 24.3 Å². The minimum atomic E-state index is -0.227. The van der Waals surface area contributed by atoms with E-state index in [1.807, 2.05) is 43.1 Å². The molecule has 0 aromatic heterocycles. The fourth-order valence-corrected chi connectivity index (χ4v) is 1.97. The third-order valence-corrected chi connectivity index (χ3v) is 3.01. The molecule has 0 saturated heterocycles. The lowest BCUT2D eigenvalue weighted by Crippen LogP contribution is -2.51. The first-order chi connectivity index (χ1) is 7.66. The molecule has 1 aromatic rings. The molecule has 1 aliphatic rings. The van der Waals surface area contributed by atoms with Crippen LogP contribution in [-0.2, 0) is 9.59 Å². The van der Waals surface area contributed by atoms with Gasteiger partial charge >= 0.3 is 0 Å². The molecule has 1 heterocycles. The monoisotopic (exact) mass is 218 g/mol. The normalized spacial score (nSPS) is 19.6. The van der Waals surface area contributed by atoms with Crippen LogP contribution in [0.25, 0.3) is 0 Å². The maximum absolute atomic E-state index is 12.0. The van der Waals surface area contributed by atoms with Gasteiger partial charge in [-0.25, -0.2) is 0 Å². The van der Waals surface area contributed by atoms with E-state index in [1.54, 1.807) is 0 Å². The Balaban J connectivity index is 2.51. The highest BCUT2D eigenvalue weighted by atomic mass is 16.2. The maximum Gasteiger partial charge on any atom is 0.249 e. The number of aldehydes is 1. The zero-order valence-corrected chi connectivity index (χ0v) is 9.38. The lowest BCUT2D eigenvalue weighted by atomic mass is 10.1. The number of fused-ring (bicyclic) bond motifs is 1. The van der Waals surface area contributed by atoms with E-state index in [-0.39, 0.29) is 18.5 Å². The number of amides is 1. The van der Waals surface area contributed by atoms with Crippen molar-refractivity contribution in [3.05, 3.63) is 24.3 Å². The quantitative estimate of drug-likeness (QED) is 0.697. The minimum absolute atomic E-state index is 0.0340. The zero-order chi connectivity index (χ0) is 11.7. The van der Waals surface area contributed by atoms with Crippen molar-refractivity contribution in [2.45, 2.75) is 13.0 Å². The van der Waals surface area contributed by atoms with Crippen molar-refractivity contribution in [2.24, 2.45) is 0 Å². The third kappa shape index (κ3) is 1.46. The van der Waals surface area contributed by atoms with Crippen molar-refractivity contribution >= 4 is 23.6 Å². The van der Waals surface area contributed by atoms with Crippen LogP contribution in [0.3, 0.4) is 0 Å². The predicted octanol–water partition coefficient (Wildman–Crippen LogP) is 1.06. The van der Waals surface area contributed by atoms with Crippen molar-refractivity contribution < 1.29 is 9.59 Å². The SMILES string of the molecule is CC1C(=O)N(CC=O)c2ccccc2N1C. The van der Waals surface area contributed by atoms with Crippen LogP contribution in [0.1, 0.15) is 6.92 Å². The Morgan fingerprint density at radius 1 is 1.31 bits per heavy atom. The van der Waals surface area contributed by atoms with Gasteiger partial charge in [-0.2, -0.15) is 0 Å². The molecule has 0 radical (unpaired) electrons. The molecule has 1 aromatic carbocycles. The van der Waals surface area contributed by atoms with Gasteiger partial charge in [0.15, 0.2) is 0 Å². The minimum Gasteiger partial charge on any atom is -0.361 e. The van der Waals surface area contributed by atoms with E-state index in [4.69, 9.17) is 0 Å². The highest BCUT2D eigenvalue weighted by Crippen LogP contribution is 2.34. The standard InChI is InChI=1S/C12H14N2O2/c1-9-12(16)14(7-8-15)11-6-4-3-5-10(11)13(9)2/h3-6,8-9H,7H2,1-2H3. The summed E-state index contributed by atoms with van der Waals surface area (Å²) in [6.07, 6.45) is 0.757. The number of rotatable bonds is 2. The third-order valence-electron chi connectivity index (χ3n) is 3.01. The van der Waals surface area contributed by atoms with Crippen molar-refractivity contribution in [2.75, 3.05) is 23.4 Å². The van der Waals surface area contributed by atoms with E-state index in [9.17, 15) is 9.59 Å². The van der Waals surface area contributed by atoms with Gasteiger partial charge in [-0.3, -0.25) is 4.79 Å². The average Bonchev–Trinajstić information content (AvgIpc) is 2.32. The molecule has 0 saturated carbocycles. The fraction of sp³-hybridized carbons (Fsp3) is 0.333. The number of anilines is 2. The summed E-state index contributed by atoms with van der Waals surface area (Å²) in [6.45, 7) is 1.96. The smallest absolute Gasteiger partial charge is 0.249 e. The highest BCUT2D eigenvalue weighted by molar-refractivity contribution is 6.06. The van der Waals surface area contributed by atoms with E-state index in [0.29, 0.717) is 0 Å². The largest absolute Gasteiger partial charge is 0.361 e. The van der Waals surface area contributed by atoms with Crippen LogP contribution in [-0.4, -0.2) is 31.8 Å².